The van der Waals surface area contributed by atoms with Crippen LogP contribution in [-0.4, -0.2) is 0 Å². The Bertz CT molecular complexity index is 4590. The number of benzene rings is 14. The molecular formula is C70H42O. The van der Waals surface area contributed by atoms with Crippen molar-refractivity contribution in [2.45, 2.75) is 0 Å². The largest absolute Gasteiger partial charge is 0.456 e. The lowest BCUT2D eigenvalue weighted by molar-refractivity contribution is 0.669. The molecule has 71 heavy (non-hydrogen) atoms. The van der Waals surface area contributed by atoms with E-state index in [9.17, 15) is 0 Å². The Morgan fingerprint density at radius 2 is 0.563 bits per heavy atom. The van der Waals surface area contributed by atoms with Gasteiger partial charge in [0, 0.05) is 10.8 Å². The van der Waals surface area contributed by atoms with Crippen molar-refractivity contribution >= 4 is 97.3 Å². The number of hydrogen-bond donors (Lipinski definition) is 0. The molecule has 1 heteroatoms. The molecule has 0 aliphatic carbocycles. The molecular weight excluding hydrogens is 857 g/mol. The molecule has 15 aromatic rings. The fourth-order valence-electron chi connectivity index (χ4n) is 12.1. The first kappa shape index (κ1) is 39.7. The third kappa shape index (κ3) is 6.07. The van der Waals surface area contributed by atoms with Crippen molar-refractivity contribution in [3.8, 4) is 55.6 Å². The van der Waals surface area contributed by atoms with Crippen LogP contribution in [0.5, 0.6) is 0 Å². The Morgan fingerprint density at radius 1 is 0.197 bits per heavy atom. The van der Waals surface area contributed by atoms with Gasteiger partial charge in [0.25, 0.3) is 0 Å². The lowest BCUT2D eigenvalue weighted by Gasteiger charge is -2.20. The summed E-state index contributed by atoms with van der Waals surface area (Å²) in [6, 6.07) is 94.0. The molecule has 1 nitrogen and oxygen atoms in total. The van der Waals surface area contributed by atoms with E-state index in [4.69, 9.17) is 4.42 Å². The highest BCUT2D eigenvalue weighted by Gasteiger charge is 2.22. The summed E-state index contributed by atoms with van der Waals surface area (Å²) in [6.07, 6.45) is 0. The standard InChI is InChI=1S/C70H42O/c1-2-17-46-40-49(39-34-43(46)16-1)66-50-20-3-5-22-52(50)67(53-23-6-4-21-51(53)66)58-29-13-18-44-35-37-47(41-62(44)58)48-38-36-45-19-14-30-59(63(45)42-48)68-54-24-7-9-26-56(54)69(57-27-10-8-25-55(57)68)61-31-15-33-65-70(61)60-28-11-12-32-64(60)71-65/h1-42H. The summed E-state index contributed by atoms with van der Waals surface area (Å²) in [5.41, 5.74) is 14.1. The Morgan fingerprint density at radius 3 is 1.10 bits per heavy atom. The molecule has 0 N–H and O–H groups in total. The van der Waals surface area contributed by atoms with Gasteiger partial charge in [0.2, 0.25) is 0 Å². The van der Waals surface area contributed by atoms with E-state index in [1.165, 1.54) is 131 Å². The molecule has 1 aromatic heterocycles. The van der Waals surface area contributed by atoms with Crippen LogP contribution in [0.2, 0.25) is 0 Å². The average Bonchev–Trinajstić information content (AvgIpc) is 3.83. The third-order valence-electron chi connectivity index (χ3n) is 15.2. The van der Waals surface area contributed by atoms with Crippen molar-refractivity contribution in [2.75, 3.05) is 0 Å². The molecule has 0 saturated carbocycles. The van der Waals surface area contributed by atoms with Gasteiger partial charge in [-0.1, -0.05) is 224 Å². The number of hydrogen-bond acceptors (Lipinski definition) is 1. The van der Waals surface area contributed by atoms with Gasteiger partial charge in [-0.3, -0.25) is 0 Å². The summed E-state index contributed by atoms with van der Waals surface area (Å²) in [5.74, 6) is 0. The quantitative estimate of drug-likeness (QED) is 0.157. The Kier molecular flexibility index (Phi) is 8.73. The van der Waals surface area contributed by atoms with Gasteiger partial charge < -0.3 is 4.42 Å². The minimum Gasteiger partial charge on any atom is -0.456 e. The summed E-state index contributed by atoms with van der Waals surface area (Å²) in [4.78, 5) is 0. The molecule has 0 unspecified atom stereocenters. The molecule has 0 aliphatic rings. The van der Waals surface area contributed by atoms with Gasteiger partial charge in [-0.15, -0.1) is 0 Å². The minimum absolute atomic E-state index is 0.903. The molecule has 0 radical (unpaired) electrons. The number of furan rings is 1. The molecule has 0 fully saturated rings. The van der Waals surface area contributed by atoms with E-state index >= 15 is 0 Å². The van der Waals surface area contributed by atoms with Crippen LogP contribution in [0.1, 0.15) is 0 Å². The van der Waals surface area contributed by atoms with E-state index in [-0.39, 0.29) is 0 Å². The van der Waals surface area contributed by atoms with Gasteiger partial charge in [0.15, 0.2) is 0 Å². The molecule has 1 heterocycles. The molecule has 0 amide bonds. The maximum atomic E-state index is 6.44. The van der Waals surface area contributed by atoms with Crippen LogP contribution < -0.4 is 0 Å². The number of fused-ring (bicyclic) bond motifs is 10. The first-order chi connectivity index (χ1) is 35.2. The van der Waals surface area contributed by atoms with Crippen LogP contribution in [0.4, 0.5) is 0 Å². The highest BCUT2D eigenvalue weighted by molar-refractivity contribution is 6.28. The maximum absolute atomic E-state index is 6.44. The molecule has 15 rings (SSSR count). The minimum atomic E-state index is 0.903. The van der Waals surface area contributed by atoms with Crippen molar-refractivity contribution in [3.63, 3.8) is 0 Å². The Labute approximate surface area is 410 Å². The zero-order chi connectivity index (χ0) is 46.6. The van der Waals surface area contributed by atoms with Crippen molar-refractivity contribution in [2.24, 2.45) is 0 Å². The van der Waals surface area contributed by atoms with Crippen molar-refractivity contribution in [1.29, 1.82) is 0 Å². The average molecular weight is 899 g/mol. The number of para-hydroxylation sites is 1. The predicted molar refractivity (Wildman–Crippen MR) is 303 cm³/mol. The van der Waals surface area contributed by atoms with Gasteiger partial charge in [-0.25, -0.2) is 0 Å². The van der Waals surface area contributed by atoms with Crippen LogP contribution in [0.15, 0.2) is 259 Å². The Balaban J connectivity index is 0.929. The fourth-order valence-corrected chi connectivity index (χ4v) is 12.1. The monoisotopic (exact) mass is 898 g/mol. The van der Waals surface area contributed by atoms with E-state index < -0.39 is 0 Å². The summed E-state index contributed by atoms with van der Waals surface area (Å²) < 4.78 is 6.44. The lowest BCUT2D eigenvalue weighted by atomic mass is 9.83. The van der Waals surface area contributed by atoms with Crippen LogP contribution in [-0.2, 0) is 0 Å². The van der Waals surface area contributed by atoms with Crippen LogP contribution >= 0.6 is 0 Å². The molecule has 0 aliphatic heterocycles. The van der Waals surface area contributed by atoms with E-state index in [2.05, 4.69) is 249 Å². The SMILES string of the molecule is c1ccc2cc(-c3c4ccccc4c(-c4cccc5ccc(-c6ccc7cccc(-c8c9ccccc9c(-c9cccc%10oc%11ccccc%11c9%10)c9ccccc89)c7c6)cc45)c4ccccc34)ccc2c1. The third-order valence-corrected chi connectivity index (χ3v) is 15.2. The van der Waals surface area contributed by atoms with Crippen molar-refractivity contribution in [3.05, 3.63) is 255 Å². The zero-order valence-corrected chi connectivity index (χ0v) is 38.7. The molecule has 0 bridgehead atoms. The van der Waals surface area contributed by atoms with E-state index in [1.807, 2.05) is 6.07 Å². The van der Waals surface area contributed by atoms with Crippen molar-refractivity contribution in [1.82, 2.24) is 0 Å². The second-order valence-corrected chi connectivity index (χ2v) is 19.0. The molecule has 328 valence electrons. The molecule has 0 spiro atoms. The summed E-state index contributed by atoms with van der Waals surface area (Å²) in [5, 5.41) is 19.6. The second-order valence-electron chi connectivity index (χ2n) is 19.0. The highest BCUT2D eigenvalue weighted by atomic mass is 16.3. The number of rotatable bonds is 5. The van der Waals surface area contributed by atoms with Crippen LogP contribution in [0.3, 0.4) is 0 Å². The van der Waals surface area contributed by atoms with Gasteiger partial charge in [-0.05, 0) is 161 Å². The normalized spacial score (nSPS) is 11.9. The second kappa shape index (κ2) is 15.6. The fraction of sp³-hybridized carbons (Fsp3) is 0. The molecule has 0 saturated heterocycles. The van der Waals surface area contributed by atoms with Crippen LogP contribution in [0, 0.1) is 0 Å². The van der Waals surface area contributed by atoms with E-state index in [0.29, 0.717) is 0 Å². The summed E-state index contributed by atoms with van der Waals surface area (Å²) in [6.45, 7) is 0. The highest BCUT2D eigenvalue weighted by Crippen LogP contribution is 2.50. The first-order valence-electron chi connectivity index (χ1n) is 24.6. The van der Waals surface area contributed by atoms with E-state index in [1.54, 1.807) is 0 Å². The summed E-state index contributed by atoms with van der Waals surface area (Å²) >= 11 is 0. The topological polar surface area (TPSA) is 13.1 Å². The summed E-state index contributed by atoms with van der Waals surface area (Å²) in [7, 11) is 0. The Hall–Kier alpha value is -9.30. The maximum Gasteiger partial charge on any atom is 0.136 e. The smallest absolute Gasteiger partial charge is 0.136 e. The van der Waals surface area contributed by atoms with Gasteiger partial charge in [0.05, 0.1) is 0 Å². The first-order valence-corrected chi connectivity index (χ1v) is 24.6. The van der Waals surface area contributed by atoms with Gasteiger partial charge >= 0.3 is 0 Å². The van der Waals surface area contributed by atoms with Crippen LogP contribution in [0.25, 0.3) is 153 Å². The van der Waals surface area contributed by atoms with Crippen molar-refractivity contribution < 1.29 is 4.42 Å². The molecule has 0 atom stereocenters. The van der Waals surface area contributed by atoms with Gasteiger partial charge in [0.1, 0.15) is 11.2 Å². The lowest BCUT2D eigenvalue weighted by Crippen LogP contribution is -1.92. The van der Waals surface area contributed by atoms with Gasteiger partial charge in [-0.2, -0.15) is 0 Å². The molecule has 14 aromatic carbocycles. The van der Waals surface area contributed by atoms with E-state index in [0.717, 1.165) is 21.9 Å². The predicted octanol–water partition coefficient (Wildman–Crippen LogP) is 20.0. The zero-order valence-electron chi connectivity index (χ0n) is 38.7.